The SMILES string of the molecule is O=C(Nc1cnn(Cc2ccccc2Cl)c1)NC12CC3CC(CC(C3)C1)C2. The maximum absolute atomic E-state index is 12.6. The summed E-state index contributed by atoms with van der Waals surface area (Å²) in [6.45, 7) is 0.581. The standard InChI is InChI=1S/C21H25ClN4O/c22-19-4-2-1-3-17(19)12-26-13-18(11-23-26)24-20(27)25-21-8-14-5-15(9-21)7-16(6-14)10-21/h1-4,11,13-16H,5-10,12H2,(H2,24,25,27). The third kappa shape index (κ3) is 3.45. The van der Waals surface area contributed by atoms with Gasteiger partial charge < -0.3 is 10.6 Å². The minimum atomic E-state index is -0.103. The molecule has 2 N–H and O–H groups in total. The number of hydrogen-bond acceptors (Lipinski definition) is 2. The Bertz CT molecular complexity index is 826. The van der Waals surface area contributed by atoms with Gasteiger partial charge in [0.2, 0.25) is 0 Å². The topological polar surface area (TPSA) is 59.0 Å². The van der Waals surface area contributed by atoms with Crippen molar-refractivity contribution in [3.8, 4) is 0 Å². The van der Waals surface area contributed by atoms with Gasteiger partial charge in [-0.25, -0.2) is 4.79 Å². The molecule has 0 spiro atoms. The van der Waals surface area contributed by atoms with Crippen LogP contribution in [0.4, 0.5) is 10.5 Å². The Hall–Kier alpha value is -2.01. The monoisotopic (exact) mass is 384 g/mol. The van der Waals surface area contributed by atoms with Crippen LogP contribution in [0.15, 0.2) is 36.7 Å². The number of urea groups is 1. The Balaban J connectivity index is 1.22. The van der Waals surface area contributed by atoms with Gasteiger partial charge in [0.05, 0.1) is 18.4 Å². The quantitative estimate of drug-likeness (QED) is 0.804. The number of nitrogens with zero attached hydrogens (tertiary/aromatic N) is 2. The lowest BCUT2D eigenvalue weighted by atomic mass is 9.53. The zero-order chi connectivity index (χ0) is 18.4. The van der Waals surface area contributed by atoms with E-state index in [0.717, 1.165) is 47.6 Å². The van der Waals surface area contributed by atoms with Crippen molar-refractivity contribution < 1.29 is 4.79 Å². The van der Waals surface area contributed by atoms with Gasteiger partial charge in [-0.1, -0.05) is 29.8 Å². The van der Waals surface area contributed by atoms with E-state index in [1.165, 1.54) is 19.3 Å². The first kappa shape index (κ1) is 17.1. The van der Waals surface area contributed by atoms with Gasteiger partial charge >= 0.3 is 6.03 Å². The zero-order valence-corrected chi connectivity index (χ0v) is 16.1. The molecule has 1 aromatic carbocycles. The van der Waals surface area contributed by atoms with E-state index < -0.39 is 0 Å². The van der Waals surface area contributed by atoms with Crippen molar-refractivity contribution in [3.05, 3.63) is 47.2 Å². The van der Waals surface area contributed by atoms with Crippen LogP contribution in [0.5, 0.6) is 0 Å². The van der Waals surface area contributed by atoms with E-state index in [1.807, 2.05) is 30.5 Å². The highest BCUT2D eigenvalue weighted by atomic mass is 35.5. The van der Waals surface area contributed by atoms with Crippen molar-refractivity contribution in [2.75, 3.05) is 5.32 Å². The molecule has 4 saturated carbocycles. The molecular formula is C21H25ClN4O. The molecule has 0 saturated heterocycles. The van der Waals surface area contributed by atoms with Gasteiger partial charge in [0, 0.05) is 16.8 Å². The molecule has 1 heterocycles. The van der Waals surface area contributed by atoms with Crippen LogP contribution in [0.1, 0.15) is 44.1 Å². The summed E-state index contributed by atoms with van der Waals surface area (Å²) in [5, 5.41) is 11.4. The van der Waals surface area contributed by atoms with Crippen molar-refractivity contribution >= 4 is 23.3 Å². The van der Waals surface area contributed by atoms with E-state index >= 15 is 0 Å². The molecule has 2 aromatic rings. The fraction of sp³-hybridized carbons (Fsp3) is 0.524. The first-order valence-corrected chi connectivity index (χ1v) is 10.3. The van der Waals surface area contributed by atoms with E-state index in [4.69, 9.17) is 11.6 Å². The van der Waals surface area contributed by atoms with Crippen LogP contribution >= 0.6 is 11.6 Å². The molecule has 6 rings (SSSR count). The molecule has 4 bridgehead atoms. The van der Waals surface area contributed by atoms with E-state index in [0.29, 0.717) is 12.2 Å². The molecule has 4 fully saturated rings. The molecule has 0 unspecified atom stereocenters. The Kier molecular flexibility index (Phi) is 4.15. The van der Waals surface area contributed by atoms with Crippen molar-refractivity contribution in [2.24, 2.45) is 17.8 Å². The van der Waals surface area contributed by atoms with Crippen molar-refractivity contribution in [1.29, 1.82) is 0 Å². The summed E-state index contributed by atoms with van der Waals surface area (Å²) in [4.78, 5) is 12.6. The Morgan fingerprint density at radius 1 is 1.15 bits per heavy atom. The summed E-state index contributed by atoms with van der Waals surface area (Å²) >= 11 is 6.22. The zero-order valence-electron chi connectivity index (χ0n) is 15.3. The highest BCUT2D eigenvalue weighted by Crippen LogP contribution is 2.55. The van der Waals surface area contributed by atoms with Crippen LogP contribution in [0.3, 0.4) is 0 Å². The number of amides is 2. The van der Waals surface area contributed by atoms with Gasteiger partial charge in [0.1, 0.15) is 0 Å². The minimum absolute atomic E-state index is 0.0202. The van der Waals surface area contributed by atoms with Crippen molar-refractivity contribution in [1.82, 2.24) is 15.1 Å². The Morgan fingerprint density at radius 3 is 2.48 bits per heavy atom. The third-order valence-corrected chi connectivity index (χ3v) is 6.97. The largest absolute Gasteiger partial charge is 0.332 e. The minimum Gasteiger partial charge on any atom is -0.332 e. The third-order valence-electron chi connectivity index (χ3n) is 6.60. The second-order valence-electron chi connectivity index (χ2n) is 8.80. The molecule has 1 aromatic heterocycles. The summed E-state index contributed by atoms with van der Waals surface area (Å²) in [5.41, 5.74) is 1.74. The van der Waals surface area contributed by atoms with Crippen LogP contribution in [-0.2, 0) is 6.54 Å². The van der Waals surface area contributed by atoms with Crippen molar-refractivity contribution in [3.63, 3.8) is 0 Å². The Labute approximate surface area is 164 Å². The van der Waals surface area contributed by atoms with Gasteiger partial charge in [0.15, 0.2) is 0 Å². The second-order valence-corrected chi connectivity index (χ2v) is 9.20. The second kappa shape index (κ2) is 6.55. The average Bonchev–Trinajstić information content (AvgIpc) is 3.02. The van der Waals surface area contributed by atoms with Crippen LogP contribution < -0.4 is 10.6 Å². The number of benzene rings is 1. The van der Waals surface area contributed by atoms with E-state index in [2.05, 4.69) is 15.7 Å². The van der Waals surface area contributed by atoms with Gasteiger partial charge in [-0.3, -0.25) is 4.68 Å². The smallest absolute Gasteiger partial charge is 0.319 e. The first-order valence-electron chi connectivity index (χ1n) is 9.92. The highest BCUT2D eigenvalue weighted by molar-refractivity contribution is 6.31. The van der Waals surface area contributed by atoms with Crippen LogP contribution in [-0.4, -0.2) is 21.4 Å². The number of carbonyl (C=O) groups excluding carboxylic acids is 1. The first-order chi connectivity index (χ1) is 13.1. The fourth-order valence-corrected chi connectivity index (χ4v) is 6.18. The van der Waals surface area contributed by atoms with Gasteiger partial charge in [0.25, 0.3) is 0 Å². The molecule has 5 nitrogen and oxygen atoms in total. The van der Waals surface area contributed by atoms with Gasteiger partial charge in [-0.2, -0.15) is 5.10 Å². The number of aromatic nitrogens is 2. The summed E-state index contributed by atoms with van der Waals surface area (Å²) < 4.78 is 1.79. The maximum atomic E-state index is 12.6. The molecule has 6 heteroatoms. The maximum Gasteiger partial charge on any atom is 0.319 e. The van der Waals surface area contributed by atoms with Crippen LogP contribution in [0.25, 0.3) is 0 Å². The normalized spacial score (nSPS) is 31.1. The average molecular weight is 385 g/mol. The van der Waals surface area contributed by atoms with E-state index in [1.54, 1.807) is 10.9 Å². The number of carbonyl (C=O) groups is 1. The Morgan fingerprint density at radius 2 is 1.81 bits per heavy atom. The van der Waals surface area contributed by atoms with E-state index in [9.17, 15) is 4.79 Å². The number of nitrogens with one attached hydrogen (secondary N) is 2. The van der Waals surface area contributed by atoms with Crippen molar-refractivity contribution in [2.45, 2.75) is 50.6 Å². The van der Waals surface area contributed by atoms with Gasteiger partial charge in [-0.05, 0) is 67.9 Å². The summed E-state index contributed by atoms with van der Waals surface area (Å²) in [6, 6.07) is 7.63. The molecule has 4 aliphatic rings. The summed E-state index contributed by atoms with van der Waals surface area (Å²) in [5.74, 6) is 2.44. The lowest BCUT2D eigenvalue weighted by Gasteiger charge is -2.56. The summed E-state index contributed by atoms with van der Waals surface area (Å²) in [6.07, 6.45) is 11.1. The number of halogens is 1. The lowest BCUT2D eigenvalue weighted by molar-refractivity contribution is -0.0127. The molecular weight excluding hydrogens is 360 g/mol. The fourth-order valence-electron chi connectivity index (χ4n) is 5.98. The predicted octanol–water partition coefficient (Wildman–Crippen LogP) is 4.68. The number of rotatable bonds is 4. The number of hydrogen-bond donors (Lipinski definition) is 2. The van der Waals surface area contributed by atoms with E-state index in [-0.39, 0.29) is 11.6 Å². The molecule has 4 aliphatic carbocycles. The molecule has 0 aliphatic heterocycles. The predicted molar refractivity (Wildman–Crippen MR) is 106 cm³/mol. The summed E-state index contributed by atoms with van der Waals surface area (Å²) in [7, 11) is 0. The molecule has 27 heavy (non-hydrogen) atoms. The molecule has 2 amide bonds. The van der Waals surface area contributed by atoms with Gasteiger partial charge in [-0.15, -0.1) is 0 Å². The lowest BCUT2D eigenvalue weighted by Crippen LogP contribution is -2.60. The van der Waals surface area contributed by atoms with Crippen LogP contribution in [0.2, 0.25) is 5.02 Å². The van der Waals surface area contributed by atoms with Crippen LogP contribution in [0, 0.1) is 17.8 Å². The highest BCUT2D eigenvalue weighted by Gasteiger charge is 2.51. The molecule has 0 radical (unpaired) electrons. The number of anilines is 1. The molecule has 0 atom stereocenters. The molecule has 142 valence electrons.